The maximum absolute atomic E-state index is 13.5. The first-order valence-corrected chi connectivity index (χ1v) is 14.8. The summed E-state index contributed by atoms with van der Waals surface area (Å²) in [6.07, 6.45) is -2.45. The second-order valence-electron chi connectivity index (χ2n) is 13.6. The van der Waals surface area contributed by atoms with Crippen molar-refractivity contribution in [3.8, 4) is 0 Å². The molecule has 6 fully saturated rings. The van der Waals surface area contributed by atoms with Crippen molar-refractivity contribution >= 4 is 5.97 Å². The molecule has 1 heterocycles. The molecule has 14 atom stereocenters. The Morgan fingerprint density at radius 3 is 2.39 bits per heavy atom. The lowest BCUT2D eigenvalue weighted by molar-refractivity contribution is -0.313. The van der Waals surface area contributed by atoms with Gasteiger partial charge in [-0.2, -0.15) is 0 Å². The summed E-state index contributed by atoms with van der Waals surface area (Å²) in [7, 11) is 8.65. The SMILES string of the molecule is COC[C@@]12CC[C@H](OC)[C@@]34[C@@H]5C[C@@]6(O)[C@H](OC(=O)c7ccccc7)[C@@H]5[C@@](O)(C([C@H](OC)[C@H]13)[C@H]4N(C)C2)[C@@H](O)[C@@H]6OC. The molecule has 1 aromatic rings. The molecule has 5 saturated carbocycles. The van der Waals surface area contributed by atoms with Gasteiger partial charge in [0, 0.05) is 69.6 Å². The van der Waals surface area contributed by atoms with Crippen LogP contribution < -0.4 is 0 Å². The van der Waals surface area contributed by atoms with E-state index in [-0.39, 0.29) is 35.8 Å². The summed E-state index contributed by atoms with van der Waals surface area (Å²) in [4.78, 5) is 15.8. The van der Waals surface area contributed by atoms with E-state index in [9.17, 15) is 20.1 Å². The Bertz CT molecular complexity index is 1200. The van der Waals surface area contributed by atoms with Gasteiger partial charge >= 0.3 is 5.97 Å². The van der Waals surface area contributed by atoms with Crippen LogP contribution in [0.5, 0.6) is 0 Å². The lowest BCUT2D eigenvalue weighted by Gasteiger charge is -2.69. The van der Waals surface area contributed by atoms with E-state index in [1.807, 2.05) is 6.07 Å². The number of aliphatic hydroxyl groups is 3. The summed E-state index contributed by atoms with van der Waals surface area (Å²) in [5.41, 5.74) is -3.95. The van der Waals surface area contributed by atoms with Crippen molar-refractivity contribution in [1.29, 1.82) is 0 Å². The number of piperidine rings is 1. The molecule has 0 aromatic heterocycles. The van der Waals surface area contributed by atoms with Crippen molar-refractivity contribution in [2.45, 2.75) is 67.0 Å². The summed E-state index contributed by atoms with van der Waals surface area (Å²) in [5, 5.41) is 37.6. The largest absolute Gasteiger partial charge is 0.455 e. The molecule has 3 N–H and O–H groups in total. The fourth-order valence-electron chi connectivity index (χ4n) is 11.8. The van der Waals surface area contributed by atoms with E-state index in [1.54, 1.807) is 45.6 Å². The number of rotatable bonds is 7. The fourth-order valence-corrected chi connectivity index (χ4v) is 11.8. The second kappa shape index (κ2) is 9.19. The lowest BCUT2D eigenvalue weighted by Crippen LogP contribution is -2.79. The third-order valence-corrected chi connectivity index (χ3v) is 12.5. The maximum atomic E-state index is 13.5. The number of aliphatic hydroxyl groups excluding tert-OH is 1. The molecule has 7 bridgehead atoms. The Balaban J connectivity index is 1.46. The van der Waals surface area contributed by atoms with Crippen molar-refractivity contribution < 1.29 is 43.8 Å². The molecular weight excluding hydrogens is 530 g/mol. The minimum Gasteiger partial charge on any atom is -0.455 e. The van der Waals surface area contributed by atoms with Crippen LogP contribution in [0.2, 0.25) is 0 Å². The number of likely N-dealkylation sites (tertiary alicyclic amines) is 1. The Labute approximate surface area is 240 Å². The van der Waals surface area contributed by atoms with Crippen molar-refractivity contribution in [1.82, 2.24) is 4.90 Å². The first kappa shape index (κ1) is 28.2. The molecule has 1 unspecified atom stereocenters. The third-order valence-electron chi connectivity index (χ3n) is 12.5. The topological polar surface area (TPSA) is 127 Å². The molecule has 0 radical (unpaired) electrons. The van der Waals surface area contributed by atoms with E-state index in [2.05, 4.69) is 11.9 Å². The van der Waals surface area contributed by atoms with Crippen LogP contribution in [-0.2, 0) is 23.7 Å². The van der Waals surface area contributed by atoms with Gasteiger partial charge in [-0.3, -0.25) is 0 Å². The zero-order valence-electron chi connectivity index (χ0n) is 24.4. The van der Waals surface area contributed by atoms with E-state index in [0.29, 0.717) is 12.2 Å². The molecule has 1 saturated heterocycles. The number of methoxy groups -OCH3 is 4. The van der Waals surface area contributed by atoms with E-state index >= 15 is 0 Å². The Morgan fingerprint density at radius 1 is 1.02 bits per heavy atom. The number of hydrogen-bond acceptors (Lipinski definition) is 10. The number of esters is 1. The van der Waals surface area contributed by atoms with Gasteiger partial charge in [0.25, 0.3) is 0 Å². The molecule has 1 aromatic carbocycles. The van der Waals surface area contributed by atoms with Crippen molar-refractivity contribution in [2.24, 2.45) is 34.5 Å². The summed E-state index contributed by atoms with van der Waals surface area (Å²) < 4.78 is 30.6. The zero-order chi connectivity index (χ0) is 29.1. The van der Waals surface area contributed by atoms with Crippen LogP contribution in [0.4, 0.5) is 0 Å². The van der Waals surface area contributed by atoms with E-state index in [0.717, 1.165) is 19.4 Å². The van der Waals surface area contributed by atoms with Crippen molar-refractivity contribution in [3.05, 3.63) is 35.9 Å². The van der Waals surface area contributed by atoms with E-state index in [1.165, 1.54) is 7.11 Å². The van der Waals surface area contributed by atoms with Gasteiger partial charge in [0.2, 0.25) is 0 Å². The molecule has 41 heavy (non-hydrogen) atoms. The molecular formula is C31H43NO9. The third kappa shape index (κ3) is 3.08. The van der Waals surface area contributed by atoms with Crippen LogP contribution in [0.25, 0.3) is 0 Å². The summed E-state index contributed by atoms with van der Waals surface area (Å²) in [6, 6.07) is 8.46. The Kier molecular flexibility index (Phi) is 6.31. The van der Waals surface area contributed by atoms with Gasteiger partial charge in [-0.05, 0) is 44.4 Å². The number of benzene rings is 1. The van der Waals surface area contributed by atoms with Gasteiger partial charge in [0.15, 0.2) is 0 Å². The molecule has 6 aliphatic rings. The molecule has 1 spiro atoms. The zero-order valence-corrected chi connectivity index (χ0v) is 24.4. The smallest absolute Gasteiger partial charge is 0.338 e. The molecule has 5 aliphatic carbocycles. The number of carbonyl (C=O) groups excluding carboxylic acids is 1. The van der Waals surface area contributed by atoms with Gasteiger partial charge in [0.1, 0.15) is 29.5 Å². The monoisotopic (exact) mass is 573 g/mol. The van der Waals surface area contributed by atoms with Crippen LogP contribution in [0.15, 0.2) is 30.3 Å². The summed E-state index contributed by atoms with van der Waals surface area (Å²) in [5.74, 6) is -2.30. The van der Waals surface area contributed by atoms with Crippen LogP contribution in [-0.4, -0.2) is 123 Å². The number of carbonyl (C=O) groups is 1. The average Bonchev–Trinajstić information content (AvgIpc) is 3.36. The minimum atomic E-state index is -1.76. The lowest BCUT2D eigenvalue weighted by atomic mass is 9.43. The van der Waals surface area contributed by atoms with Crippen LogP contribution in [0, 0.1) is 34.5 Å². The quantitative estimate of drug-likeness (QED) is 0.402. The Morgan fingerprint density at radius 2 is 1.76 bits per heavy atom. The predicted molar refractivity (Wildman–Crippen MR) is 145 cm³/mol. The fraction of sp³-hybridized carbons (Fsp3) is 0.774. The van der Waals surface area contributed by atoms with Gasteiger partial charge in [-0.15, -0.1) is 0 Å². The summed E-state index contributed by atoms with van der Waals surface area (Å²) in [6.45, 7) is 1.29. The van der Waals surface area contributed by atoms with Crippen molar-refractivity contribution in [3.63, 3.8) is 0 Å². The average molecular weight is 574 g/mol. The molecule has 7 rings (SSSR count). The molecule has 0 amide bonds. The van der Waals surface area contributed by atoms with Crippen LogP contribution in [0.1, 0.15) is 29.6 Å². The normalized spacial score (nSPS) is 52.9. The maximum Gasteiger partial charge on any atom is 0.338 e. The highest BCUT2D eigenvalue weighted by Crippen LogP contribution is 2.80. The number of fused-ring (bicyclic) bond motifs is 2. The first-order valence-electron chi connectivity index (χ1n) is 14.8. The number of nitrogens with zero attached hydrogens (tertiary/aromatic N) is 1. The predicted octanol–water partition coefficient (Wildman–Crippen LogP) is 0.716. The van der Waals surface area contributed by atoms with Gasteiger partial charge in [-0.1, -0.05) is 18.2 Å². The molecule has 10 nitrogen and oxygen atoms in total. The molecule has 226 valence electrons. The summed E-state index contributed by atoms with van der Waals surface area (Å²) >= 11 is 0. The second-order valence-corrected chi connectivity index (χ2v) is 13.6. The minimum absolute atomic E-state index is 0.0644. The first-order chi connectivity index (χ1) is 19.6. The Hall–Kier alpha value is -1.63. The molecule has 1 aliphatic heterocycles. The highest BCUT2D eigenvalue weighted by molar-refractivity contribution is 5.89. The van der Waals surface area contributed by atoms with E-state index in [4.69, 9.17) is 23.7 Å². The number of hydrogen-bond donors (Lipinski definition) is 3. The van der Waals surface area contributed by atoms with Crippen molar-refractivity contribution in [2.75, 3.05) is 48.6 Å². The number of ether oxygens (including phenoxy) is 5. The highest BCUT2D eigenvalue weighted by atomic mass is 16.6. The standard InChI is InChI=1S/C31H43NO9/c1-32-14-28(15-37-2)12-11-18(38-3)30-17-13-29(35)25(41-27(34)16-9-7-6-8-10-16)19(17)31(36,24(33)26(29)40-5)20(23(30)32)21(39-4)22(28)30/h6-10,17-26,33,35-36H,11-15H2,1-5H3/t17-,18+,19-,20?,21+,22-,23-,24+,25-,26+,28+,29-,30+,31-/m1/s1. The highest BCUT2D eigenvalue weighted by Gasteiger charge is 2.90. The van der Waals surface area contributed by atoms with Crippen LogP contribution >= 0.6 is 0 Å². The van der Waals surface area contributed by atoms with Crippen LogP contribution in [0.3, 0.4) is 0 Å². The van der Waals surface area contributed by atoms with Gasteiger partial charge in [-0.25, -0.2) is 4.79 Å². The van der Waals surface area contributed by atoms with Gasteiger partial charge in [0.05, 0.1) is 24.4 Å². The molecule has 10 heteroatoms. The van der Waals surface area contributed by atoms with Gasteiger partial charge < -0.3 is 43.9 Å². The van der Waals surface area contributed by atoms with E-state index < -0.39 is 58.8 Å².